The van der Waals surface area contributed by atoms with Crippen LogP contribution in [0.15, 0.2) is 48.6 Å². The molecule has 0 atom stereocenters. The topological polar surface area (TPSA) is 27.7 Å². The van der Waals surface area contributed by atoms with Crippen molar-refractivity contribution in [2.24, 2.45) is 0 Å². The van der Waals surface area contributed by atoms with Crippen LogP contribution in [0.4, 0.5) is 0 Å². The van der Waals surface area contributed by atoms with Gasteiger partial charge in [0.15, 0.2) is 11.5 Å². The van der Waals surface area contributed by atoms with Gasteiger partial charge in [-0.25, -0.2) is 0 Å². The van der Waals surface area contributed by atoms with E-state index in [0.29, 0.717) is 12.4 Å². The van der Waals surface area contributed by atoms with Crippen molar-refractivity contribution in [2.75, 3.05) is 14.2 Å². The van der Waals surface area contributed by atoms with Crippen LogP contribution >= 0.6 is 0 Å². The first-order valence-electron chi connectivity index (χ1n) is 9.40. The van der Waals surface area contributed by atoms with Crippen molar-refractivity contribution >= 4 is 11.8 Å². The van der Waals surface area contributed by atoms with Gasteiger partial charge in [0.25, 0.3) is 0 Å². The summed E-state index contributed by atoms with van der Waals surface area (Å²) >= 11 is 0. The van der Waals surface area contributed by atoms with Gasteiger partial charge in [-0.05, 0) is 49.3 Å². The predicted octanol–water partition coefficient (Wildman–Crippen LogP) is 4.49. The fraction of sp³-hybridized carbons (Fsp3) is 0.333. The molecule has 0 saturated carbocycles. The molecule has 3 nitrogen and oxygen atoms in total. The van der Waals surface area contributed by atoms with Crippen molar-refractivity contribution in [2.45, 2.75) is 40.2 Å². The number of allylic oxidation sites excluding steroid dienone is 1. The maximum absolute atomic E-state index is 6.20. The Morgan fingerprint density at radius 3 is 2.26 bits per heavy atom. The van der Waals surface area contributed by atoms with Crippen molar-refractivity contribution < 1.29 is 14.2 Å². The molecule has 0 aliphatic rings. The molecule has 0 aliphatic heterocycles. The summed E-state index contributed by atoms with van der Waals surface area (Å²) in [5, 5.41) is 2.10. The molecule has 0 aliphatic carbocycles. The molecule has 3 heteroatoms. The van der Waals surface area contributed by atoms with Gasteiger partial charge in [-0.1, -0.05) is 55.3 Å². The molecule has 0 amide bonds. The van der Waals surface area contributed by atoms with Gasteiger partial charge in [-0.3, -0.25) is 0 Å². The largest absolute Gasteiger partial charge is 0.493 e. The van der Waals surface area contributed by atoms with Gasteiger partial charge < -0.3 is 14.2 Å². The molecule has 0 bridgehead atoms. The van der Waals surface area contributed by atoms with Crippen LogP contribution in [-0.4, -0.2) is 14.2 Å². The summed E-state index contributed by atoms with van der Waals surface area (Å²) in [6, 6.07) is 12.4. The summed E-state index contributed by atoms with van der Waals surface area (Å²) in [7, 11) is 3.31. The number of benzene rings is 2. The van der Waals surface area contributed by atoms with Crippen molar-refractivity contribution in [3.63, 3.8) is 0 Å². The lowest BCUT2D eigenvalue weighted by Crippen LogP contribution is -2.28. The molecule has 2 aromatic rings. The lowest BCUT2D eigenvalue weighted by molar-refractivity contribution is 0.264. The zero-order chi connectivity index (χ0) is 19.6. The molecule has 144 valence electrons. The van der Waals surface area contributed by atoms with E-state index in [2.05, 4.69) is 44.2 Å². The average Bonchev–Trinajstić information content (AvgIpc) is 2.70. The fourth-order valence-electron chi connectivity index (χ4n) is 2.79. The Balaban J connectivity index is 2.56. The molecule has 2 rings (SSSR count). The Hall–Kier alpha value is -2.68. The summed E-state index contributed by atoms with van der Waals surface area (Å²) < 4.78 is 17.2. The summed E-state index contributed by atoms with van der Waals surface area (Å²) in [5.41, 5.74) is 2.38. The maximum atomic E-state index is 6.20. The van der Waals surface area contributed by atoms with E-state index in [-0.39, 0.29) is 0 Å². The van der Waals surface area contributed by atoms with Crippen LogP contribution in [0.25, 0.3) is 11.8 Å². The van der Waals surface area contributed by atoms with E-state index in [1.54, 1.807) is 14.2 Å². The predicted molar refractivity (Wildman–Crippen MR) is 112 cm³/mol. The number of hydrogen-bond donors (Lipinski definition) is 0. The van der Waals surface area contributed by atoms with E-state index >= 15 is 0 Å². The summed E-state index contributed by atoms with van der Waals surface area (Å²) in [6.45, 7) is 6.76. The molecule has 27 heavy (non-hydrogen) atoms. The molecule has 0 saturated heterocycles. The Morgan fingerprint density at radius 2 is 1.67 bits per heavy atom. The first kappa shape index (κ1) is 20.6. The van der Waals surface area contributed by atoms with Gasteiger partial charge in [0, 0.05) is 5.22 Å². The second-order valence-electron chi connectivity index (χ2n) is 6.43. The normalized spacial score (nSPS) is 13.0. The summed E-state index contributed by atoms with van der Waals surface area (Å²) in [6.07, 6.45) is 8.28. The van der Waals surface area contributed by atoms with E-state index in [1.165, 1.54) is 5.56 Å². The van der Waals surface area contributed by atoms with Crippen molar-refractivity contribution in [3.05, 3.63) is 70.1 Å². The number of aryl methyl sites for hydroxylation is 1. The molecule has 0 heterocycles. The first-order valence-corrected chi connectivity index (χ1v) is 9.40. The number of unbranched alkanes of at least 4 members (excludes halogenated alkanes) is 1. The van der Waals surface area contributed by atoms with Crippen LogP contribution in [0.3, 0.4) is 0 Å². The highest BCUT2D eigenvalue weighted by Crippen LogP contribution is 2.22. The minimum absolute atomic E-state index is 0.515. The quantitative estimate of drug-likeness (QED) is 0.689. The number of ether oxygens (including phenoxy) is 3. The molecule has 0 fully saturated rings. The third kappa shape index (κ3) is 5.65. The fourth-order valence-corrected chi connectivity index (χ4v) is 2.79. The lowest BCUT2D eigenvalue weighted by atomic mass is 10.1. The van der Waals surface area contributed by atoms with Crippen molar-refractivity contribution in [3.8, 4) is 11.5 Å². The van der Waals surface area contributed by atoms with E-state index in [1.807, 2.05) is 31.2 Å². The van der Waals surface area contributed by atoms with Gasteiger partial charge in [-0.15, -0.1) is 0 Å². The van der Waals surface area contributed by atoms with Crippen LogP contribution in [0, 0.1) is 6.92 Å². The third-order valence-corrected chi connectivity index (χ3v) is 4.31. The smallest absolute Gasteiger partial charge is 0.161 e. The highest BCUT2D eigenvalue weighted by Gasteiger charge is 2.07. The molecular formula is C24H30O3. The van der Waals surface area contributed by atoms with Crippen LogP contribution in [0.1, 0.15) is 37.8 Å². The van der Waals surface area contributed by atoms with Gasteiger partial charge in [0.2, 0.25) is 0 Å². The van der Waals surface area contributed by atoms with Crippen LogP contribution < -0.4 is 19.9 Å². The Morgan fingerprint density at radius 1 is 1.00 bits per heavy atom. The van der Waals surface area contributed by atoms with E-state index in [4.69, 9.17) is 14.2 Å². The van der Waals surface area contributed by atoms with Crippen LogP contribution in [-0.2, 0) is 11.3 Å². The number of rotatable bonds is 8. The SMILES string of the molecule is C\C=C/C(OCc1ccc(C)cc1)=c1/cc(OC)c(OC)c/c1=C\CCC. The Labute approximate surface area is 162 Å². The van der Waals surface area contributed by atoms with Crippen LogP contribution in [0.5, 0.6) is 11.5 Å². The van der Waals surface area contributed by atoms with Crippen molar-refractivity contribution in [1.82, 2.24) is 0 Å². The standard InChI is InChI=1S/C24H30O3/c1-6-8-10-20-15-23(25-4)24(26-5)16-21(20)22(9-7-2)27-17-19-13-11-18(3)12-14-19/h7,9-16H,6,8,17H2,1-5H3/b9-7-,20-10+,22-21+. The van der Waals surface area contributed by atoms with E-state index in [0.717, 1.165) is 40.4 Å². The Bertz CT molecular complexity index is 877. The first-order chi connectivity index (χ1) is 13.1. The second kappa shape index (κ2) is 10.5. The summed E-state index contributed by atoms with van der Waals surface area (Å²) in [5.74, 6) is 2.24. The van der Waals surface area contributed by atoms with E-state index in [9.17, 15) is 0 Å². The molecule has 0 unspecified atom stereocenters. The van der Waals surface area contributed by atoms with Gasteiger partial charge in [0.1, 0.15) is 12.4 Å². The second-order valence-corrected chi connectivity index (χ2v) is 6.43. The number of methoxy groups -OCH3 is 2. The maximum Gasteiger partial charge on any atom is 0.161 e. The molecule has 2 aromatic carbocycles. The van der Waals surface area contributed by atoms with Crippen LogP contribution in [0.2, 0.25) is 0 Å². The Kier molecular flexibility index (Phi) is 8.00. The monoisotopic (exact) mass is 366 g/mol. The molecule has 0 spiro atoms. The molecule has 0 radical (unpaired) electrons. The zero-order valence-electron chi connectivity index (χ0n) is 17.0. The molecule has 0 aromatic heterocycles. The average molecular weight is 367 g/mol. The zero-order valence-corrected chi connectivity index (χ0v) is 17.0. The lowest BCUT2D eigenvalue weighted by Gasteiger charge is -2.11. The molecule has 0 N–H and O–H groups in total. The van der Waals surface area contributed by atoms with Gasteiger partial charge in [0.05, 0.1) is 14.2 Å². The van der Waals surface area contributed by atoms with Gasteiger partial charge in [-0.2, -0.15) is 0 Å². The minimum Gasteiger partial charge on any atom is -0.493 e. The van der Waals surface area contributed by atoms with Crippen molar-refractivity contribution in [1.29, 1.82) is 0 Å². The highest BCUT2D eigenvalue weighted by atomic mass is 16.5. The van der Waals surface area contributed by atoms with E-state index < -0.39 is 0 Å². The van der Waals surface area contributed by atoms with Gasteiger partial charge >= 0.3 is 0 Å². The molecular weight excluding hydrogens is 336 g/mol. The number of hydrogen-bond acceptors (Lipinski definition) is 3. The highest BCUT2D eigenvalue weighted by molar-refractivity contribution is 5.54. The third-order valence-electron chi connectivity index (χ3n) is 4.31. The minimum atomic E-state index is 0.515. The summed E-state index contributed by atoms with van der Waals surface area (Å²) in [4.78, 5) is 0.